The summed E-state index contributed by atoms with van der Waals surface area (Å²) in [6, 6.07) is 9.34. The Kier molecular flexibility index (Phi) is 2.30. The summed E-state index contributed by atoms with van der Waals surface area (Å²) in [5.74, 6) is -0.518. The van der Waals surface area contributed by atoms with Crippen LogP contribution in [-0.4, -0.2) is 25.4 Å². The Balaban J connectivity index is 2.40. The summed E-state index contributed by atoms with van der Waals surface area (Å²) in [6.07, 6.45) is 4.64. The van der Waals surface area contributed by atoms with Crippen molar-refractivity contribution < 1.29 is 9.90 Å². The van der Waals surface area contributed by atoms with Crippen molar-refractivity contribution in [1.82, 2.24) is 14.4 Å². The lowest BCUT2D eigenvalue weighted by Crippen LogP contribution is -2.06. The van der Waals surface area contributed by atoms with Crippen molar-refractivity contribution in [2.45, 2.75) is 0 Å². The molecule has 1 aromatic carbocycles. The summed E-state index contributed by atoms with van der Waals surface area (Å²) in [7, 11) is 0. The van der Waals surface area contributed by atoms with Gasteiger partial charge in [0.15, 0.2) is 0 Å². The summed E-state index contributed by atoms with van der Waals surface area (Å²) in [6.45, 7) is 0. The van der Waals surface area contributed by atoms with Crippen LogP contribution in [0.5, 0.6) is 0 Å². The first kappa shape index (κ1) is 10.5. The predicted octanol–water partition coefficient (Wildman–Crippen LogP) is 2.09. The van der Waals surface area contributed by atoms with Gasteiger partial charge in [0.05, 0.1) is 5.69 Å². The maximum Gasteiger partial charge on any atom is 0.339 e. The molecule has 0 aliphatic rings. The summed E-state index contributed by atoms with van der Waals surface area (Å²) >= 11 is 0. The second-order valence-corrected chi connectivity index (χ2v) is 3.79. The first-order valence-electron chi connectivity index (χ1n) is 5.38. The lowest BCUT2D eigenvalue weighted by Gasteiger charge is -2.08. The highest BCUT2D eigenvalue weighted by molar-refractivity contribution is 5.95. The van der Waals surface area contributed by atoms with Crippen LogP contribution in [0.2, 0.25) is 0 Å². The lowest BCUT2D eigenvalue weighted by atomic mass is 10.1. The topological polar surface area (TPSA) is 67.5 Å². The molecule has 0 bridgehead atoms. The molecule has 0 radical (unpaired) electrons. The largest absolute Gasteiger partial charge is 0.478 e. The molecule has 5 heteroatoms. The molecule has 88 valence electrons. The van der Waals surface area contributed by atoms with Crippen molar-refractivity contribution in [3.63, 3.8) is 0 Å². The molecule has 5 nitrogen and oxygen atoms in total. The second kappa shape index (κ2) is 3.96. The minimum absolute atomic E-state index is 0.159. The van der Waals surface area contributed by atoms with Crippen molar-refractivity contribution in [1.29, 1.82) is 0 Å². The first-order chi connectivity index (χ1) is 8.77. The van der Waals surface area contributed by atoms with Crippen molar-refractivity contribution in [3.8, 4) is 11.3 Å². The quantitative estimate of drug-likeness (QED) is 0.743. The van der Waals surface area contributed by atoms with Crippen LogP contribution in [0.1, 0.15) is 10.4 Å². The molecule has 0 saturated carbocycles. The molecule has 0 aliphatic carbocycles. The third-order valence-electron chi connectivity index (χ3n) is 2.70. The van der Waals surface area contributed by atoms with E-state index in [1.165, 1.54) is 6.20 Å². The summed E-state index contributed by atoms with van der Waals surface area (Å²) in [5.41, 5.74) is 1.57. The Hall–Kier alpha value is -2.69. The molecular formula is C13H9N3O2. The summed E-state index contributed by atoms with van der Waals surface area (Å²) in [5, 5.41) is 9.25. The van der Waals surface area contributed by atoms with Crippen LogP contribution in [0.15, 0.2) is 48.9 Å². The van der Waals surface area contributed by atoms with Gasteiger partial charge in [-0.3, -0.25) is 4.40 Å². The van der Waals surface area contributed by atoms with Gasteiger partial charge in [0.25, 0.3) is 0 Å². The number of hydrogen-bond acceptors (Lipinski definition) is 3. The third kappa shape index (κ3) is 1.53. The Morgan fingerprint density at radius 1 is 1.17 bits per heavy atom. The van der Waals surface area contributed by atoms with Gasteiger partial charge in [-0.2, -0.15) is 0 Å². The van der Waals surface area contributed by atoms with Crippen LogP contribution in [0.25, 0.3) is 17.0 Å². The van der Waals surface area contributed by atoms with E-state index in [2.05, 4.69) is 9.97 Å². The number of hydrogen-bond donors (Lipinski definition) is 1. The fourth-order valence-electron chi connectivity index (χ4n) is 1.93. The molecule has 3 rings (SSSR count). The second-order valence-electron chi connectivity index (χ2n) is 3.79. The number of carboxylic acid groups (broad SMARTS) is 1. The number of aromatic nitrogens is 3. The van der Waals surface area contributed by atoms with E-state index in [9.17, 15) is 9.90 Å². The molecule has 0 fully saturated rings. The maximum atomic E-state index is 11.3. The van der Waals surface area contributed by atoms with Gasteiger partial charge in [-0.1, -0.05) is 30.3 Å². The van der Waals surface area contributed by atoms with Gasteiger partial charge in [0.2, 0.25) is 5.78 Å². The van der Waals surface area contributed by atoms with Crippen LogP contribution in [0.4, 0.5) is 0 Å². The Morgan fingerprint density at radius 3 is 2.67 bits per heavy atom. The van der Waals surface area contributed by atoms with Gasteiger partial charge in [0.1, 0.15) is 5.56 Å². The van der Waals surface area contributed by atoms with Crippen LogP contribution < -0.4 is 0 Å². The fraction of sp³-hybridized carbons (Fsp3) is 0. The van der Waals surface area contributed by atoms with Crippen molar-refractivity contribution in [2.24, 2.45) is 0 Å². The van der Waals surface area contributed by atoms with E-state index in [1.807, 2.05) is 30.3 Å². The number of imidazole rings is 1. The summed E-state index contributed by atoms with van der Waals surface area (Å²) < 4.78 is 1.68. The van der Waals surface area contributed by atoms with Crippen molar-refractivity contribution in [3.05, 3.63) is 54.5 Å². The SMILES string of the molecule is O=C(O)c1cnc2nccn2c1-c1ccccc1. The van der Waals surface area contributed by atoms with Gasteiger partial charge >= 0.3 is 5.97 Å². The minimum atomic E-state index is -1.00. The number of aromatic carboxylic acids is 1. The fourth-order valence-corrected chi connectivity index (χ4v) is 1.93. The van der Waals surface area contributed by atoms with Crippen LogP contribution >= 0.6 is 0 Å². The Morgan fingerprint density at radius 2 is 1.94 bits per heavy atom. The number of benzene rings is 1. The standard InChI is InChI=1S/C13H9N3O2/c17-12(18)10-8-15-13-14-6-7-16(13)11(10)9-4-2-1-3-5-9/h1-8H,(H,17,18). The van der Waals surface area contributed by atoms with Crippen LogP contribution in [0, 0.1) is 0 Å². The third-order valence-corrected chi connectivity index (χ3v) is 2.70. The van der Waals surface area contributed by atoms with Gasteiger partial charge in [-0.15, -0.1) is 0 Å². The zero-order chi connectivity index (χ0) is 12.5. The molecule has 2 heterocycles. The molecular weight excluding hydrogens is 230 g/mol. The van der Waals surface area contributed by atoms with Gasteiger partial charge < -0.3 is 5.11 Å². The molecule has 0 aliphatic heterocycles. The van der Waals surface area contributed by atoms with E-state index in [-0.39, 0.29) is 5.56 Å². The molecule has 1 N–H and O–H groups in total. The van der Waals surface area contributed by atoms with E-state index in [4.69, 9.17) is 0 Å². The monoisotopic (exact) mass is 239 g/mol. The minimum Gasteiger partial charge on any atom is -0.478 e. The molecule has 0 spiro atoms. The van der Waals surface area contributed by atoms with Gasteiger partial charge in [0, 0.05) is 18.6 Å². The highest BCUT2D eigenvalue weighted by atomic mass is 16.4. The molecule has 2 aromatic heterocycles. The van der Waals surface area contributed by atoms with E-state index in [0.717, 1.165) is 5.56 Å². The van der Waals surface area contributed by atoms with E-state index in [0.29, 0.717) is 11.5 Å². The number of nitrogens with zero attached hydrogens (tertiary/aromatic N) is 3. The molecule has 0 amide bonds. The van der Waals surface area contributed by atoms with Gasteiger partial charge in [-0.25, -0.2) is 14.8 Å². The number of carboxylic acids is 1. The van der Waals surface area contributed by atoms with Gasteiger partial charge in [-0.05, 0) is 5.56 Å². The average molecular weight is 239 g/mol. The lowest BCUT2D eigenvalue weighted by molar-refractivity contribution is 0.0697. The van der Waals surface area contributed by atoms with Crippen LogP contribution in [0.3, 0.4) is 0 Å². The molecule has 3 aromatic rings. The van der Waals surface area contributed by atoms with E-state index >= 15 is 0 Å². The smallest absolute Gasteiger partial charge is 0.339 e. The predicted molar refractivity (Wildman–Crippen MR) is 65.4 cm³/mol. The zero-order valence-corrected chi connectivity index (χ0v) is 9.32. The first-order valence-corrected chi connectivity index (χ1v) is 5.38. The number of fused-ring (bicyclic) bond motifs is 1. The normalized spacial score (nSPS) is 10.7. The number of rotatable bonds is 2. The Labute approximate surface area is 102 Å². The average Bonchev–Trinajstić information content (AvgIpc) is 2.86. The molecule has 18 heavy (non-hydrogen) atoms. The van der Waals surface area contributed by atoms with E-state index in [1.54, 1.807) is 16.8 Å². The molecule has 0 saturated heterocycles. The van der Waals surface area contributed by atoms with Crippen LogP contribution in [-0.2, 0) is 0 Å². The Bertz CT molecular complexity index is 719. The van der Waals surface area contributed by atoms with Crippen molar-refractivity contribution >= 4 is 11.7 Å². The van der Waals surface area contributed by atoms with Crippen molar-refractivity contribution in [2.75, 3.05) is 0 Å². The maximum absolute atomic E-state index is 11.3. The zero-order valence-electron chi connectivity index (χ0n) is 9.32. The highest BCUT2D eigenvalue weighted by Crippen LogP contribution is 2.23. The number of carbonyl (C=O) groups is 1. The molecule has 0 atom stereocenters. The molecule has 0 unspecified atom stereocenters. The summed E-state index contributed by atoms with van der Waals surface area (Å²) in [4.78, 5) is 19.4. The van der Waals surface area contributed by atoms with E-state index < -0.39 is 5.97 Å². The highest BCUT2D eigenvalue weighted by Gasteiger charge is 2.16.